The number of nitrogens with zero attached hydrogens (tertiary/aromatic N) is 2. The molecule has 0 bridgehead atoms. The zero-order chi connectivity index (χ0) is 21.3. The Kier molecular flexibility index (Phi) is 11.1. The topological polar surface area (TPSA) is 86.2 Å². The van der Waals surface area contributed by atoms with Crippen LogP contribution in [0, 0.1) is 0 Å². The molecule has 1 unspecified atom stereocenters. The summed E-state index contributed by atoms with van der Waals surface area (Å²) in [4.78, 5) is 17.8. The zero-order valence-electron chi connectivity index (χ0n) is 17.8. The fourth-order valence-electron chi connectivity index (χ4n) is 2.45. The highest BCUT2D eigenvalue weighted by Gasteiger charge is 2.23. The van der Waals surface area contributed by atoms with Crippen molar-refractivity contribution in [2.24, 2.45) is 4.99 Å². The molecule has 0 radical (unpaired) electrons. The van der Waals surface area contributed by atoms with Gasteiger partial charge in [-0.15, -0.1) is 24.0 Å². The van der Waals surface area contributed by atoms with Crippen LogP contribution in [0.1, 0.15) is 25.0 Å². The first-order valence-corrected chi connectivity index (χ1v) is 10.4. The summed E-state index contributed by atoms with van der Waals surface area (Å²) < 4.78 is 5.55. The van der Waals surface area contributed by atoms with Crippen LogP contribution in [-0.2, 0) is 16.9 Å². The van der Waals surface area contributed by atoms with Crippen LogP contribution in [0.4, 0.5) is 0 Å². The number of carbonyl (C=O) groups excluding carboxylic acids is 1. The lowest BCUT2D eigenvalue weighted by molar-refractivity contribution is -0.130. The third kappa shape index (κ3) is 8.49. The van der Waals surface area contributed by atoms with E-state index >= 15 is 0 Å². The summed E-state index contributed by atoms with van der Waals surface area (Å²) in [6.45, 7) is 5.26. The van der Waals surface area contributed by atoms with Gasteiger partial charge in [-0.3, -0.25) is 4.79 Å². The second kappa shape index (κ2) is 12.8. The molecule has 9 heteroatoms. The summed E-state index contributed by atoms with van der Waals surface area (Å²) in [5.41, 5.74) is 0.854. The van der Waals surface area contributed by atoms with Gasteiger partial charge < -0.3 is 25.4 Å². The highest BCUT2D eigenvalue weighted by Crippen LogP contribution is 2.22. The van der Waals surface area contributed by atoms with Crippen LogP contribution in [0.25, 0.3) is 0 Å². The van der Waals surface area contributed by atoms with E-state index in [4.69, 9.17) is 4.74 Å². The van der Waals surface area contributed by atoms with E-state index in [1.165, 1.54) is 4.90 Å². The van der Waals surface area contributed by atoms with Gasteiger partial charge in [0, 0.05) is 20.6 Å². The number of hydrogen-bond acceptors (Lipinski definition) is 5. The molecule has 0 aliphatic carbocycles. The van der Waals surface area contributed by atoms with Gasteiger partial charge in [0.05, 0.1) is 13.1 Å². The molecule has 166 valence electrons. The van der Waals surface area contributed by atoms with Crippen LogP contribution in [-0.4, -0.2) is 55.7 Å². The number of aliphatic hydroxyl groups is 1. The number of hydrogen-bond donors (Lipinski definition) is 3. The highest BCUT2D eigenvalue weighted by atomic mass is 127. The molecule has 0 saturated carbocycles. The lowest BCUT2D eigenvalue weighted by Gasteiger charge is -2.24. The van der Waals surface area contributed by atoms with Crippen LogP contribution in [0.2, 0.25) is 0 Å². The maximum atomic E-state index is 11.7. The SMILES string of the molecule is CCNC(=NCc1cccc(OCC(=O)N(C)C)c1)NCC(C)(O)c1ccsc1.I. The van der Waals surface area contributed by atoms with Crippen molar-refractivity contribution in [2.45, 2.75) is 26.0 Å². The Bertz CT molecular complexity index is 810. The van der Waals surface area contributed by atoms with E-state index in [1.54, 1.807) is 32.4 Å². The second-order valence-corrected chi connectivity index (χ2v) is 7.84. The van der Waals surface area contributed by atoms with Crippen molar-refractivity contribution >= 4 is 47.2 Å². The summed E-state index contributed by atoms with van der Waals surface area (Å²) in [5, 5.41) is 20.9. The van der Waals surface area contributed by atoms with Gasteiger partial charge in [0.2, 0.25) is 0 Å². The Balaban J connectivity index is 0.00000450. The number of thiophene rings is 1. The van der Waals surface area contributed by atoms with Gasteiger partial charge in [-0.1, -0.05) is 12.1 Å². The molecule has 1 heterocycles. The van der Waals surface area contributed by atoms with Gasteiger partial charge in [0.25, 0.3) is 5.91 Å². The monoisotopic (exact) mass is 546 g/mol. The van der Waals surface area contributed by atoms with E-state index in [1.807, 2.05) is 48.0 Å². The predicted octanol–water partition coefficient (Wildman–Crippen LogP) is 2.80. The number of carbonyl (C=O) groups is 1. The highest BCUT2D eigenvalue weighted by molar-refractivity contribution is 14.0. The van der Waals surface area contributed by atoms with Gasteiger partial charge in [0.15, 0.2) is 12.6 Å². The first-order chi connectivity index (χ1) is 13.8. The van der Waals surface area contributed by atoms with E-state index in [2.05, 4.69) is 15.6 Å². The van der Waals surface area contributed by atoms with E-state index in [0.29, 0.717) is 31.3 Å². The minimum atomic E-state index is -0.983. The number of likely N-dealkylation sites (N-methyl/N-ethyl adjacent to an activating group) is 1. The first-order valence-electron chi connectivity index (χ1n) is 9.51. The van der Waals surface area contributed by atoms with E-state index in [-0.39, 0.29) is 36.5 Å². The number of amides is 1. The first kappa shape index (κ1) is 26.2. The van der Waals surface area contributed by atoms with Gasteiger partial charge >= 0.3 is 0 Å². The van der Waals surface area contributed by atoms with Gasteiger partial charge in [0.1, 0.15) is 11.4 Å². The minimum Gasteiger partial charge on any atom is -0.484 e. The Morgan fingerprint density at radius 2 is 2.07 bits per heavy atom. The molecule has 2 aromatic rings. The maximum Gasteiger partial charge on any atom is 0.259 e. The van der Waals surface area contributed by atoms with Crippen molar-refractivity contribution in [3.8, 4) is 5.75 Å². The molecular formula is C21H31IN4O3S. The number of halogens is 1. The second-order valence-electron chi connectivity index (χ2n) is 7.06. The van der Waals surface area contributed by atoms with E-state index in [9.17, 15) is 9.90 Å². The normalized spacial score (nSPS) is 13.0. The Morgan fingerprint density at radius 1 is 1.30 bits per heavy atom. The van der Waals surface area contributed by atoms with Crippen molar-refractivity contribution in [1.29, 1.82) is 0 Å². The largest absolute Gasteiger partial charge is 0.484 e. The van der Waals surface area contributed by atoms with Crippen molar-refractivity contribution in [3.63, 3.8) is 0 Å². The fourth-order valence-corrected chi connectivity index (χ4v) is 3.23. The van der Waals surface area contributed by atoms with E-state index < -0.39 is 5.60 Å². The Morgan fingerprint density at radius 3 is 2.70 bits per heavy atom. The van der Waals surface area contributed by atoms with Gasteiger partial charge in [-0.25, -0.2) is 4.99 Å². The smallest absolute Gasteiger partial charge is 0.259 e. The van der Waals surface area contributed by atoms with Crippen LogP contribution >= 0.6 is 35.3 Å². The molecule has 30 heavy (non-hydrogen) atoms. The van der Waals surface area contributed by atoms with Crippen LogP contribution in [0.15, 0.2) is 46.1 Å². The minimum absolute atomic E-state index is 0. The molecule has 1 amide bonds. The van der Waals surface area contributed by atoms with Crippen molar-refractivity contribution in [2.75, 3.05) is 33.8 Å². The molecule has 0 saturated heterocycles. The summed E-state index contributed by atoms with van der Waals surface area (Å²) in [6.07, 6.45) is 0. The third-order valence-corrected chi connectivity index (χ3v) is 4.95. The van der Waals surface area contributed by atoms with Crippen molar-refractivity contribution in [3.05, 3.63) is 52.2 Å². The van der Waals surface area contributed by atoms with Crippen LogP contribution < -0.4 is 15.4 Å². The molecular weight excluding hydrogens is 515 g/mol. The molecule has 2 rings (SSSR count). The molecule has 1 atom stereocenters. The lowest BCUT2D eigenvalue weighted by atomic mass is 9.99. The lowest BCUT2D eigenvalue weighted by Crippen LogP contribution is -2.44. The molecule has 0 spiro atoms. The van der Waals surface area contributed by atoms with Crippen molar-refractivity contribution in [1.82, 2.24) is 15.5 Å². The third-order valence-electron chi connectivity index (χ3n) is 4.27. The molecule has 0 aliphatic rings. The van der Waals surface area contributed by atoms with Gasteiger partial charge in [-0.2, -0.15) is 11.3 Å². The van der Waals surface area contributed by atoms with E-state index in [0.717, 1.165) is 11.1 Å². The standard InChI is InChI=1S/C21H30N4O3S.HI/c1-5-22-20(24-15-21(2,27)17-9-10-29-14-17)23-12-16-7-6-8-18(11-16)28-13-19(26)25(3)4;/h6-11,14,27H,5,12-13,15H2,1-4H3,(H2,22,23,24);1H. The molecule has 7 nitrogen and oxygen atoms in total. The Hall–Kier alpha value is -1.85. The molecule has 1 aromatic heterocycles. The predicted molar refractivity (Wildman–Crippen MR) is 133 cm³/mol. The summed E-state index contributed by atoms with van der Waals surface area (Å²) in [7, 11) is 3.39. The number of benzene rings is 1. The average molecular weight is 546 g/mol. The maximum absolute atomic E-state index is 11.7. The zero-order valence-corrected chi connectivity index (χ0v) is 21.0. The molecule has 0 aliphatic heterocycles. The summed E-state index contributed by atoms with van der Waals surface area (Å²) in [6, 6.07) is 9.44. The van der Waals surface area contributed by atoms with Crippen molar-refractivity contribution < 1.29 is 14.6 Å². The Labute approximate surface area is 199 Å². The molecule has 0 fully saturated rings. The van der Waals surface area contributed by atoms with Gasteiger partial charge in [-0.05, 0) is 53.9 Å². The number of guanidine groups is 1. The van der Waals surface area contributed by atoms with Crippen LogP contribution in [0.5, 0.6) is 5.75 Å². The fraction of sp³-hybridized carbons (Fsp3) is 0.429. The van der Waals surface area contributed by atoms with Crippen LogP contribution in [0.3, 0.4) is 0 Å². The summed E-state index contributed by atoms with van der Waals surface area (Å²) in [5.74, 6) is 1.16. The quantitative estimate of drug-likeness (QED) is 0.256. The number of aliphatic imine (C=N–C) groups is 1. The number of rotatable bonds is 9. The molecule has 3 N–H and O–H groups in total. The number of ether oxygens (including phenoxy) is 1. The molecule has 1 aromatic carbocycles. The number of nitrogens with one attached hydrogen (secondary N) is 2. The average Bonchev–Trinajstić information content (AvgIpc) is 3.24. The summed E-state index contributed by atoms with van der Waals surface area (Å²) >= 11 is 1.56.